The van der Waals surface area contributed by atoms with Gasteiger partial charge >= 0.3 is 12.2 Å². The standard InChI is InChI=1S/C22H20N4O5.C20H19N7O4/c1-12(28)23-10-21-20-7-15-6-13(3-5-19(15)26(20)22(29)30-21)14-2-4-17(24-9-14)18-8-16(11-27)31-25-18;1-11(29)21-9-17-16-7-14-6-12(2-4-15(14)26(16)20(30)31-17)13-3-5-19(22-8-13)27-24-18(10-28)23-25-27/h2-6,8-9,20-21,27H,7,10-11H2,1H3,(H,23,28);2-6,8,16-17,28H,7,9-10H2,1H3,(H,21,29)/t20-,21-;16-,17-/m00/s1. The van der Waals surface area contributed by atoms with E-state index in [-0.39, 0.29) is 67.3 Å². The van der Waals surface area contributed by atoms with E-state index in [0.717, 1.165) is 44.8 Å². The van der Waals surface area contributed by atoms with Crippen LogP contribution in [0, 0.1) is 0 Å². The molecule has 2 fully saturated rings. The molecule has 20 nitrogen and oxygen atoms in total. The highest BCUT2D eigenvalue weighted by atomic mass is 16.6. The van der Waals surface area contributed by atoms with Gasteiger partial charge in [0.2, 0.25) is 17.6 Å². The Morgan fingerprint density at radius 3 is 1.74 bits per heavy atom. The van der Waals surface area contributed by atoms with E-state index in [0.29, 0.717) is 48.9 Å². The summed E-state index contributed by atoms with van der Waals surface area (Å²) in [5.74, 6) is 0.787. The van der Waals surface area contributed by atoms with E-state index < -0.39 is 0 Å². The summed E-state index contributed by atoms with van der Waals surface area (Å²) in [6.07, 6.45) is 3.25. The third-order valence-electron chi connectivity index (χ3n) is 11.0. The maximum atomic E-state index is 12.4. The number of anilines is 2. The number of amides is 4. The van der Waals surface area contributed by atoms with Crippen molar-refractivity contribution in [3.63, 3.8) is 0 Å². The average molecular weight is 842 g/mol. The van der Waals surface area contributed by atoms with Gasteiger partial charge < -0.3 is 34.8 Å². The lowest BCUT2D eigenvalue weighted by atomic mass is 10.0. The van der Waals surface area contributed by atoms with E-state index in [9.17, 15) is 19.2 Å². The normalized spacial score (nSPS) is 19.2. The molecular formula is C42H39N11O9. The predicted octanol–water partition coefficient (Wildman–Crippen LogP) is 2.88. The summed E-state index contributed by atoms with van der Waals surface area (Å²) in [5.41, 5.74) is 8.77. The van der Waals surface area contributed by atoms with Gasteiger partial charge in [0.25, 0.3) is 0 Å². The van der Waals surface area contributed by atoms with E-state index in [1.165, 1.54) is 18.6 Å². The number of fused-ring (bicyclic) bond motifs is 6. The number of aromatic nitrogens is 7. The van der Waals surface area contributed by atoms with E-state index in [1.54, 1.807) is 34.3 Å². The van der Waals surface area contributed by atoms with E-state index in [2.05, 4.69) is 47.2 Å². The monoisotopic (exact) mass is 841 g/mol. The SMILES string of the molecule is CC(=O)NC[C@@H]1OC(=O)N2c3ccc(-c4ccc(-c5cc(CO)on5)nc4)cc3C[C@@H]12.CC(=O)NC[C@@H]1OC(=O)N2c3ccc(-c4ccc(-n5nnc(CO)n5)nc4)cc3C[C@@H]12. The molecule has 0 spiro atoms. The summed E-state index contributed by atoms with van der Waals surface area (Å²) in [6.45, 7) is 2.98. The van der Waals surface area contributed by atoms with E-state index in [4.69, 9.17) is 24.2 Å². The first-order valence-corrected chi connectivity index (χ1v) is 19.7. The number of aliphatic hydroxyl groups excluding tert-OH is 2. The number of nitrogens with one attached hydrogen (secondary N) is 2. The third kappa shape index (κ3) is 7.67. The second kappa shape index (κ2) is 16.5. The van der Waals surface area contributed by atoms with Crippen molar-refractivity contribution >= 4 is 35.4 Å². The Labute approximate surface area is 352 Å². The van der Waals surface area contributed by atoms with Crippen LogP contribution in [0.3, 0.4) is 0 Å². The summed E-state index contributed by atoms with van der Waals surface area (Å²) in [6, 6.07) is 20.7. The number of nitrogens with zero attached hydrogens (tertiary/aromatic N) is 9. The largest absolute Gasteiger partial charge is 0.442 e. The van der Waals surface area contributed by atoms with Gasteiger partial charge in [-0.25, -0.2) is 14.6 Å². The van der Waals surface area contributed by atoms with Gasteiger partial charge in [-0.3, -0.25) is 24.4 Å². The molecule has 0 unspecified atom stereocenters. The number of carbonyl (C=O) groups excluding carboxylic acids is 4. The molecule has 4 aliphatic rings. The van der Waals surface area contributed by atoms with Gasteiger partial charge in [0, 0.05) is 43.4 Å². The maximum absolute atomic E-state index is 12.4. The van der Waals surface area contributed by atoms with Crippen molar-refractivity contribution in [2.24, 2.45) is 0 Å². The fraction of sp³-hybridized carbons (Fsp3) is 0.286. The second-order valence-electron chi connectivity index (χ2n) is 15.0. The molecule has 4 amide bonds. The quantitative estimate of drug-likeness (QED) is 0.155. The lowest BCUT2D eigenvalue weighted by molar-refractivity contribution is -0.120. The molecule has 20 heteroatoms. The number of pyridine rings is 2. The van der Waals surface area contributed by atoms with Crippen molar-refractivity contribution in [1.29, 1.82) is 0 Å². The maximum Gasteiger partial charge on any atom is 0.415 e. The van der Waals surface area contributed by atoms with Gasteiger partial charge in [-0.15, -0.1) is 15.0 Å². The van der Waals surface area contributed by atoms with Crippen molar-refractivity contribution < 1.29 is 43.4 Å². The van der Waals surface area contributed by atoms with Gasteiger partial charge in [-0.05, 0) is 82.8 Å². The fourth-order valence-corrected chi connectivity index (χ4v) is 8.06. The van der Waals surface area contributed by atoms with Crippen LogP contribution in [0.4, 0.5) is 21.0 Å². The number of benzene rings is 2. The molecule has 8 heterocycles. The minimum atomic E-state index is -0.388. The molecule has 10 rings (SSSR count). The van der Waals surface area contributed by atoms with Gasteiger partial charge in [0.05, 0.1) is 42.2 Å². The zero-order valence-electron chi connectivity index (χ0n) is 33.3. The third-order valence-corrected chi connectivity index (χ3v) is 11.0. The number of rotatable bonds is 10. The molecule has 2 aromatic carbocycles. The molecule has 316 valence electrons. The molecule has 4 aromatic heterocycles. The molecule has 6 aromatic rings. The molecule has 0 saturated carbocycles. The van der Waals surface area contributed by atoms with Crippen molar-refractivity contribution in [2.75, 3.05) is 22.9 Å². The summed E-state index contributed by atoms with van der Waals surface area (Å²) in [5, 5.41) is 39.1. The molecule has 4 aliphatic heterocycles. The Morgan fingerprint density at radius 2 is 1.27 bits per heavy atom. The minimum absolute atomic E-state index is 0.127. The Kier molecular flexibility index (Phi) is 10.6. The smallest absolute Gasteiger partial charge is 0.415 e. The fourth-order valence-electron chi connectivity index (χ4n) is 8.06. The molecule has 0 bridgehead atoms. The summed E-state index contributed by atoms with van der Waals surface area (Å²) in [4.78, 5) is 60.7. The lowest BCUT2D eigenvalue weighted by Crippen LogP contribution is -2.40. The number of tetrazole rings is 1. The highest BCUT2D eigenvalue weighted by molar-refractivity contribution is 5.95. The Morgan fingerprint density at radius 1 is 0.710 bits per heavy atom. The summed E-state index contributed by atoms with van der Waals surface area (Å²) in [7, 11) is 0. The number of hydrogen-bond acceptors (Lipinski definition) is 15. The molecule has 4 atom stereocenters. The first-order valence-electron chi connectivity index (χ1n) is 19.7. The molecule has 0 aliphatic carbocycles. The molecule has 0 radical (unpaired) electrons. The van der Waals surface area contributed by atoms with Crippen molar-refractivity contribution in [3.05, 3.63) is 102 Å². The van der Waals surface area contributed by atoms with Crippen LogP contribution < -0.4 is 20.4 Å². The van der Waals surface area contributed by atoms with Crippen LogP contribution in [0.5, 0.6) is 0 Å². The molecular weight excluding hydrogens is 803 g/mol. The van der Waals surface area contributed by atoms with Crippen molar-refractivity contribution in [2.45, 2.75) is 64.2 Å². The highest BCUT2D eigenvalue weighted by Gasteiger charge is 2.48. The summed E-state index contributed by atoms with van der Waals surface area (Å²) < 4.78 is 15.9. The zero-order valence-corrected chi connectivity index (χ0v) is 33.3. The van der Waals surface area contributed by atoms with Crippen LogP contribution in [0.15, 0.2) is 83.6 Å². The zero-order chi connectivity index (χ0) is 43.1. The molecule has 62 heavy (non-hydrogen) atoms. The number of ether oxygens (including phenoxy) is 2. The Hall–Kier alpha value is -7.58. The topological polar surface area (TPSA) is 253 Å². The van der Waals surface area contributed by atoms with Crippen LogP contribution in [0.1, 0.15) is 36.6 Å². The van der Waals surface area contributed by atoms with Gasteiger partial charge in [0.15, 0.2) is 11.6 Å². The van der Waals surface area contributed by atoms with Crippen molar-refractivity contribution in [3.8, 4) is 39.5 Å². The second-order valence-corrected chi connectivity index (χ2v) is 15.0. The minimum Gasteiger partial charge on any atom is -0.442 e. The van der Waals surface area contributed by atoms with E-state index >= 15 is 0 Å². The predicted molar refractivity (Wildman–Crippen MR) is 217 cm³/mol. The number of carbonyl (C=O) groups is 4. The van der Waals surface area contributed by atoms with Crippen LogP contribution in [0.2, 0.25) is 0 Å². The van der Waals surface area contributed by atoms with Crippen LogP contribution in [0.25, 0.3) is 39.5 Å². The summed E-state index contributed by atoms with van der Waals surface area (Å²) >= 11 is 0. The average Bonchev–Trinajstić information content (AvgIpc) is 4.15. The lowest BCUT2D eigenvalue weighted by Gasteiger charge is -2.16. The molecule has 2 saturated heterocycles. The van der Waals surface area contributed by atoms with Crippen LogP contribution in [-0.2, 0) is 45.1 Å². The van der Waals surface area contributed by atoms with Crippen LogP contribution in [-0.4, -0.2) is 107 Å². The number of cyclic esters (lactones) is 2. The van der Waals surface area contributed by atoms with E-state index in [1.807, 2.05) is 48.5 Å². The van der Waals surface area contributed by atoms with Gasteiger partial charge in [-0.1, -0.05) is 23.4 Å². The van der Waals surface area contributed by atoms with Crippen LogP contribution >= 0.6 is 0 Å². The number of hydrogen-bond donors (Lipinski definition) is 4. The first kappa shape index (κ1) is 39.9. The number of aliphatic hydroxyl groups is 2. The van der Waals surface area contributed by atoms with Crippen molar-refractivity contribution in [1.82, 2.24) is 46.0 Å². The molecule has 4 N–H and O–H groups in total. The highest BCUT2D eigenvalue weighted by Crippen LogP contribution is 2.42. The first-order chi connectivity index (χ1) is 30.1. The van der Waals surface area contributed by atoms with Gasteiger partial charge in [-0.2, -0.15) is 0 Å². The Bertz CT molecular complexity index is 2500. The Balaban J connectivity index is 0.000000158. The van der Waals surface area contributed by atoms with Gasteiger partial charge in [0.1, 0.15) is 31.1 Å².